The van der Waals surface area contributed by atoms with Crippen molar-refractivity contribution >= 4 is 5.97 Å². The van der Waals surface area contributed by atoms with E-state index in [4.69, 9.17) is 4.74 Å². The first kappa shape index (κ1) is 17.7. The average Bonchev–Trinajstić information content (AvgIpc) is 2.50. The van der Waals surface area contributed by atoms with Gasteiger partial charge in [-0.15, -0.1) is 0 Å². The third-order valence-corrected chi connectivity index (χ3v) is 3.88. The van der Waals surface area contributed by atoms with Crippen molar-refractivity contribution in [2.75, 3.05) is 20.2 Å². The molecule has 0 fully saturated rings. The van der Waals surface area contributed by atoms with E-state index < -0.39 is 0 Å². The SMILES string of the molecule is CCCCCN(CC(C(=O)OC)c1ccccc1)C(C)C. The molecule has 3 heteroatoms. The van der Waals surface area contributed by atoms with Crippen LogP contribution in [0.4, 0.5) is 0 Å². The molecule has 1 rings (SSSR count). The lowest BCUT2D eigenvalue weighted by molar-refractivity contribution is -0.143. The molecule has 0 spiro atoms. The minimum absolute atomic E-state index is 0.151. The minimum Gasteiger partial charge on any atom is -0.469 e. The van der Waals surface area contributed by atoms with Gasteiger partial charge in [0.1, 0.15) is 0 Å². The number of hydrogen-bond donors (Lipinski definition) is 0. The van der Waals surface area contributed by atoms with Crippen molar-refractivity contribution in [1.29, 1.82) is 0 Å². The number of carbonyl (C=O) groups excluding carboxylic acids is 1. The van der Waals surface area contributed by atoms with Crippen molar-refractivity contribution in [2.45, 2.75) is 52.0 Å². The Hall–Kier alpha value is -1.35. The monoisotopic (exact) mass is 291 g/mol. The van der Waals surface area contributed by atoms with E-state index in [9.17, 15) is 4.79 Å². The molecule has 0 radical (unpaired) electrons. The first-order chi connectivity index (χ1) is 10.1. The van der Waals surface area contributed by atoms with Crippen LogP contribution in [0.15, 0.2) is 30.3 Å². The molecule has 0 amide bonds. The van der Waals surface area contributed by atoms with Gasteiger partial charge in [0.2, 0.25) is 0 Å². The topological polar surface area (TPSA) is 29.5 Å². The van der Waals surface area contributed by atoms with Crippen molar-refractivity contribution in [2.24, 2.45) is 0 Å². The lowest BCUT2D eigenvalue weighted by Crippen LogP contribution is -2.38. The summed E-state index contributed by atoms with van der Waals surface area (Å²) in [6.45, 7) is 8.33. The second kappa shape index (κ2) is 9.56. The van der Waals surface area contributed by atoms with E-state index >= 15 is 0 Å². The molecule has 1 aromatic carbocycles. The Kier molecular flexibility index (Phi) is 8.06. The molecular weight excluding hydrogens is 262 g/mol. The molecule has 21 heavy (non-hydrogen) atoms. The highest BCUT2D eigenvalue weighted by molar-refractivity contribution is 5.78. The zero-order chi connectivity index (χ0) is 15.7. The Bertz CT molecular complexity index is 403. The van der Waals surface area contributed by atoms with Crippen LogP contribution in [0.3, 0.4) is 0 Å². The van der Waals surface area contributed by atoms with Crippen LogP contribution in [0.25, 0.3) is 0 Å². The molecule has 0 bridgehead atoms. The second-order valence-corrected chi connectivity index (χ2v) is 5.78. The summed E-state index contributed by atoms with van der Waals surface area (Å²) in [6.07, 6.45) is 3.62. The zero-order valence-electron chi connectivity index (χ0n) is 13.8. The summed E-state index contributed by atoms with van der Waals surface area (Å²) < 4.78 is 5.01. The third-order valence-electron chi connectivity index (χ3n) is 3.88. The van der Waals surface area contributed by atoms with Crippen LogP contribution in [0, 0.1) is 0 Å². The Labute approximate surface area is 129 Å². The van der Waals surface area contributed by atoms with Gasteiger partial charge in [0.25, 0.3) is 0 Å². The first-order valence-corrected chi connectivity index (χ1v) is 7.97. The number of benzene rings is 1. The number of carbonyl (C=O) groups is 1. The maximum Gasteiger partial charge on any atom is 0.314 e. The van der Waals surface area contributed by atoms with Gasteiger partial charge in [-0.05, 0) is 32.4 Å². The summed E-state index contributed by atoms with van der Waals surface area (Å²) in [5, 5.41) is 0. The molecule has 0 saturated heterocycles. The molecule has 1 unspecified atom stereocenters. The van der Waals surface area contributed by atoms with Crippen LogP contribution in [-0.4, -0.2) is 37.1 Å². The quantitative estimate of drug-likeness (QED) is 0.511. The standard InChI is InChI=1S/C18H29NO2/c1-5-6-10-13-19(15(2)3)14-17(18(20)21-4)16-11-8-7-9-12-16/h7-9,11-12,15,17H,5-6,10,13-14H2,1-4H3. The Morgan fingerprint density at radius 2 is 1.86 bits per heavy atom. The van der Waals surface area contributed by atoms with E-state index in [1.54, 1.807) is 0 Å². The summed E-state index contributed by atoms with van der Waals surface area (Å²) in [4.78, 5) is 14.5. The first-order valence-electron chi connectivity index (χ1n) is 7.97. The van der Waals surface area contributed by atoms with Crippen LogP contribution in [0.5, 0.6) is 0 Å². The van der Waals surface area contributed by atoms with Crippen molar-refractivity contribution in [3.05, 3.63) is 35.9 Å². The van der Waals surface area contributed by atoms with E-state index in [2.05, 4.69) is 25.7 Å². The van der Waals surface area contributed by atoms with Gasteiger partial charge in [0.05, 0.1) is 13.0 Å². The second-order valence-electron chi connectivity index (χ2n) is 5.78. The summed E-state index contributed by atoms with van der Waals surface area (Å²) in [5.74, 6) is -0.359. The highest BCUT2D eigenvalue weighted by atomic mass is 16.5. The van der Waals surface area contributed by atoms with Crippen LogP contribution in [0.1, 0.15) is 51.5 Å². The molecular formula is C18H29NO2. The molecule has 0 N–H and O–H groups in total. The van der Waals surface area contributed by atoms with Gasteiger partial charge in [-0.3, -0.25) is 9.69 Å². The van der Waals surface area contributed by atoms with E-state index in [1.165, 1.54) is 26.4 Å². The largest absolute Gasteiger partial charge is 0.469 e. The number of nitrogens with zero attached hydrogens (tertiary/aromatic N) is 1. The van der Waals surface area contributed by atoms with Crippen molar-refractivity contribution < 1.29 is 9.53 Å². The van der Waals surface area contributed by atoms with Crippen LogP contribution < -0.4 is 0 Å². The third kappa shape index (κ3) is 5.88. The number of hydrogen-bond acceptors (Lipinski definition) is 3. The van der Waals surface area contributed by atoms with Crippen molar-refractivity contribution in [3.8, 4) is 0 Å². The van der Waals surface area contributed by atoms with Crippen LogP contribution in [0.2, 0.25) is 0 Å². The van der Waals surface area contributed by atoms with Crippen molar-refractivity contribution in [1.82, 2.24) is 4.90 Å². The molecule has 0 aromatic heterocycles. The van der Waals surface area contributed by atoms with E-state index in [0.29, 0.717) is 6.04 Å². The molecule has 118 valence electrons. The van der Waals surface area contributed by atoms with E-state index in [0.717, 1.165) is 18.7 Å². The molecule has 0 saturated carbocycles. The van der Waals surface area contributed by atoms with Gasteiger partial charge in [0, 0.05) is 12.6 Å². The molecule has 1 atom stereocenters. The normalized spacial score (nSPS) is 12.7. The predicted octanol–water partition coefficient (Wildman–Crippen LogP) is 3.84. The fourth-order valence-corrected chi connectivity index (χ4v) is 2.50. The highest BCUT2D eigenvalue weighted by Crippen LogP contribution is 2.20. The fraction of sp³-hybridized carbons (Fsp3) is 0.611. The van der Waals surface area contributed by atoms with Crippen molar-refractivity contribution in [3.63, 3.8) is 0 Å². The lowest BCUT2D eigenvalue weighted by Gasteiger charge is -2.30. The van der Waals surface area contributed by atoms with E-state index in [1.807, 2.05) is 30.3 Å². The molecule has 1 aromatic rings. The Balaban J connectivity index is 2.80. The van der Waals surface area contributed by atoms with Gasteiger partial charge in [-0.1, -0.05) is 50.1 Å². The van der Waals surface area contributed by atoms with Gasteiger partial charge in [-0.25, -0.2) is 0 Å². The van der Waals surface area contributed by atoms with Crippen LogP contribution in [-0.2, 0) is 9.53 Å². The Morgan fingerprint density at radius 3 is 2.38 bits per heavy atom. The van der Waals surface area contributed by atoms with Gasteiger partial charge < -0.3 is 4.74 Å². The van der Waals surface area contributed by atoms with Gasteiger partial charge in [-0.2, -0.15) is 0 Å². The molecule has 0 aliphatic heterocycles. The molecule has 0 heterocycles. The zero-order valence-corrected chi connectivity index (χ0v) is 13.8. The number of ether oxygens (including phenoxy) is 1. The smallest absolute Gasteiger partial charge is 0.314 e. The maximum absolute atomic E-state index is 12.2. The summed E-state index contributed by atoms with van der Waals surface area (Å²) >= 11 is 0. The number of methoxy groups -OCH3 is 1. The fourth-order valence-electron chi connectivity index (χ4n) is 2.50. The molecule has 0 aliphatic rings. The van der Waals surface area contributed by atoms with Gasteiger partial charge in [0.15, 0.2) is 0 Å². The maximum atomic E-state index is 12.2. The number of esters is 1. The summed E-state index contributed by atoms with van der Waals surface area (Å²) in [7, 11) is 1.47. The lowest BCUT2D eigenvalue weighted by atomic mass is 9.98. The molecule has 3 nitrogen and oxygen atoms in total. The van der Waals surface area contributed by atoms with Gasteiger partial charge >= 0.3 is 5.97 Å². The number of rotatable bonds is 9. The Morgan fingerprint density at radius 1 is 1.19 bits per heavy atom. The number of unbranched alkanes of at least 4 members (excludes halogenated alkanes) is 2. The van der Waals surface area contributed by atoms with Crippen LogP contribution >= 0.6 is 0 Å². The summed E-state index contributed by atoms with van der Waals surface area (Å²) in [5.41, 5.74) is 1.03. The minimum atomic E-state index is -0.208. The highest BCUT2D eigenvalue weighted by Gasteiger charge is 2.25. The van der Waals surface area contributed by atoms with E-state index in [-0.39, 0.29) is 11.9 Å². The molecule has 0 aliphatic carbocycles. The predicted molar refractivity (Wildman–Crippen MR) is 87.4 cm³/mol. The summed E-state index contributed by atoms with van der Waals surface area (Å²) in [6, 6.07) is 10.4. The average molecular weight is 291 g/mol.